The number of nitrogens with zero attached hydrogens (tertiary/aromatic N) is 5. The SMILES string of the molecule is CCN(CC)c1ccc(/N=N/c2ccc(/N=N/c3ccc(N)c4ccccc34)cc2)cc1. The number of hydrogen-bond donors (Lipinski definition) is 1. The summed E-state index contributed by atoms with van der Waals surface area (Å²) in [5.41, 5.74) is 11.1. The van der Waals surface area contributed by atoms with Crippen LogP contribution in [-0.2, 0) is 0 Å². The monoisotopic (exact) mass is 422 g/mol. The molecule has 4 aromatic rings. The summed E-state index contributed by atoms with van der Waals surface area (Å²) in [5, 5.41) is 19.4. The van der Waals surface area contributed by atoms with Crippen molar-refractivity contribution in [1.29, 1.82) is 0 Å². The summed E-state index contributed by atoms with van der Waals surface area (Å²) in [5.74, 6) is 0. The molecule has 0 aliphatic carbocycles. The fraction of sp³-hybridized carbons (Fsp3) is 0.154. The summed E-state index contributed by atoms with van der Waals surface area (Å²) in [6.45, 7) is 6.27. The summed E-state index contributed by atoms with van der Waals surface area (Å²) in [6.07, 6.45) is 0. The lowest BCUT2D eigenvalue weighted by Gasteiger charge is -2.20. The van der Waals surface area contributed by atoms with Crippen LogP contribution in [0.3, 0.4) is 0 Å². The minimum absolute atomic E-state index is 0.733. The first-order valence-electron chi connectivity index (χ1n) is 10.7. The Labute approximate surface area is 188 Å². The van der Waals surface area contributed by atoms with Crippen molar-refractivity contribution >= 4 is 44.9 Å². The van der Waals surface area contributed by atoms with Crippen molar-refractivity contribution in [1.82, 2.24) is 0 Å². The van der Waals surface area contributed by atoms with Crippen LogP contribution in [0.2, 0.25) is 0 Å². The number of anilines is 2. The predicted octanol–water partition coefficient (Wildman–Crippen LogP) is 8.10. The summed E-state index contributed by atoms with van der Waals surface area (Å²) >= 11 is 0. The van der Waals surface area contributed by atoms with E-state index in [9.17, 15) is 0 Å². The van der Waals surface area contributed by atoms with E-state index in [2.05, 4.69) is 51.3 Å². The van der Waals surface area contributed by atoms with Crippen LogP contribution in [0, 0.1) is 0 Å². The average Bonchev–Trinajstić information content (AvgIpc) is 2.85. The molecule has 0 aliphatic heterocycles. The lowest BCUT2D eigenvalue weighted by Crippen LogP contribution is -2.21. The van der Waals surface area contributed by atoms with Crippen molar-refractivity contribution in [2.45, 2.75) is 13.8 Å². The van der Waals surface area contributed by atoms with E-state index >= 15 is 0 Å². The molecule has 0 bridgehead atoms. The van der Waals surface area contributed by atoms with Gasteiger partial charge in [-0.3, -0.25) is 0 Å². The number of rotatable bonds is 7. The second kappa shape index (κ2) is 9.83. The maximum atomic E-state index is 6.06. The van der Waals surface area contributed by atoms with Crippen LogP contribution in [0.4, 0.5) is 34.1 Å². The van der Waals surface area contributed by atoms with E-state index in [1.54, 1.807) is 0 Å². The van der Waals surface area contributed by atoms with Crippen molar-refractivity contribution < 1.29 is 0 Å². The molecular weight excluding hydrogens is 396 g/mol. The third-order valence-corrected chi connectivity index (χ3v) is 5.32. The highest BCUT2D eigenvalue weighted by Gasteiger charge is 2.03. The Kier molecular flexibility index (Phi) is 6.51. The molecule has 0 unspecified atom stereocenters. The zero-order valence-electron chi connectivity index (χ0n) is 18.3. The molecule has 0 radical (unpaired) electrons. The molecule has 160 valence electrons. The third kappa shape index (κ3) is 4.81. The molecule has 0 spiro atoms. The molecule has 0 aromatic heterocycles. The van der Waals surface area contributed by atoms with Gasteiger partial charge in [-0.15, -0.1) is 5.11 Å². The standard InChI is InChI=1S/C26H26N6/c1-3-32(4-2)22-15-13-21(14-16-22)29-28-19-9-11-20(12-10-19)30-31-26-18-17-25(27)23-7-5-6-8-24(23)26/h5-18H,3-4,27H2,1-2H3/b29-28+,31-30+. The van der Waals surface area contributed by atoms with Crippen LogP contribution in [0.25, 0.3) is 10.8 Å². The molecule has 2 N–H and O–H groups in total. The topological polar surface area (TPSA) is 78.7 Å². The summed E-state index contributed by atoms with van der Waals surface area (Å²) in [7, 11) is 0. The molecule has 0 amide bonds. The van der Waals surface area contributed by atoms with Gasteiger partial charge in [-0.1, -0.05) is 24.3 Å². The Morgan fingerprint density at radius 3 is 1.66 bits per heavy atom. The minimum atomic E-state index is 0.733. The minimum Gasteiger partial charge on any atom is -0.398 e. The number of nitrogen functional groups attached to an aromatic ring is 1. The Hall–Kier alpha value is -4.06. The third-order valence-electron chi connectivity index (χ3n) is 5.32. The number of fused-ring (bicyclic) bond motifs is 1. The van der Waals surface area contributed by atoms with Crippen molar-refractivity contribution in [2.24, 2.45) is 20.5 Å². The zero-order chi connectivity index (χ0) is 22.3. The Morgan fingerprint density at radius 2 is 1.09 bits per heavy atom. The fourth-order valence-electron chi connectivity index (χ4n) is 3.53. The first-order chi connectivity index (χ1) is 15.7. The fourth-order valence-corrected chi connectivity index (χ4v) is 3.53. The van der Waals surface area contributed by atoms with E-state index in [1.807, 2.05) is 72.8 Å². The lowest BCUT2D eigenvalue weighted by molar-refractivity contribution is 0.866. The van der Waals surface area contributed by atoms with E-state index in [-0.39, 0.29) is 0 Å². The van der Waals surface area contributed by atoms with Crippen LogP contribution in [0.15, 0.2) is 105 Å². The van der Waals surface area contributed by atoms with Gasteiger partial charge in [0.15, 0.2) is 0 Å². The van der Waals surface area contributed by atoms with Gasteiger partial charge in [-0.2, -0.15) is 15.3 Å². The van der Waals surface area contributed by atoms with Crippen LogP contribution in [0.1, 0.15) is 13.8 Å². The van der Waals surface area contributed by atoms with E-state index in [4.69, 9.17) is 5.73 Å². The zero-order valence-corrected chi connectivity index (χ0v) is 18.3. The average molecular weight is 423 g/mol. The molecule has 0 saturated carbocycles. The molecule has 0 aliphatic rings. The van der Waals surface area contributed by atoms with Crippen molar-refractivity contribution in [3.63, 3.8) is 0 Å². The van der Waals surface area contributed by atoms with Gasteiger partial charge in [0, 0.05) is 35.2 Å². The van der Waals surface area contributed by atoms with E-state index in [1.165, 1.54) is 5.69 Å². The Morgan fingerprint density at radius 1 is 0.594 bits per heavy atom. The largest absolute Gasteiger partial charge is 0.398 e. The predicted molar refractivity (Wildman–Crippen MR) is 133 cm³/mol. The smallest absolute Gasteiger partial charge is 0.0936 e. The van der Waals surface area contributed by atoms with Crippen molar-refractivity contribution in [3.05, 3.63) is 84.9 Å². The van der Waals surface area contributed by atoms with Gasteiger partial charge in [-0.05, 0) is 74.5 Å². The van der Waals surface area contributed by atoms with Crippen LogP contribution in [-0.4, -0.2) is 13.1 Å². The van der Waals surface area contributed by atoms with Crippen LogP contribution < -0.4 is 10.6 Å². The molecule has 32 heavy (non-hydrogen) atoms. The second-order valence-electron chi connectivity index (χ2n) is 7.32. The summed E-state index contributed by atoms with van der Waals surface area (Å²) in [4.78, 5) is 2.29. The molecule has 6 heteroatoms. The van der Waals surface area contributed by atoms with Crippen molar-refractivity contribution in [2.75, 3.05) is 23.7 Å². The molecule has 0 atom stereocenters. The maximum Gasteiger partial charge on any atom is 0.0936 e. The molecule has 4 aromatic carbocycles. The highest BCUT2D eigenvalue weighted by Crippen LogP contribution is 2.31. The van der Waals surface area contributed by atoms with Gasteiger partial charge in [0.25, 0.3) is 0 Å². The number of benzene rings is 4. The van der Waals surface area contributed by atoms with E-state index < -0.39 is 0 Å². The van der Waals surface area contributed by atoms with Gasteiger partial charge >= 0.3 is 0 Å². The van der Waals surface area contributed by atoms with Gasteiger partial charge in [0.05, 0.1) is 22.7 Å². The molecule has 0 fully saturated rings. The van der Waals surface area contributed by atoms with Crippen LogP contribution >= 0.6 is 0 Å². The quantitative estimate of drug-likeness (QED) is 0.241. The first kappa shape index (κ1) is 21.2. The first-order valence-corrected chi connectivity index (χ1v) is 10.7. The van der Waals surface area contributed by atoms with Gasteiger partial charge in [0.1, 0.15) is 0 Å². The Balaban J connectivity index is 1.45. The normalized spacial score (nSPS) is 11.6. The van der Waals surface area contributed by atoms with Crippen LogP contribution in [0.5, 0.6) is 0 Å². The van der Waals surface area contributed by atoms with Gasteiger partial charge in [0.2, 0.25) is 0 Å². The molecule has 0 heterocycles. The number of hydrogen-bond acceptors (Lipinski definition) is 6. The molecular formula is C26H26N6. The van der Waals surface area contributed by atoms with Crippen molar-refractivity contribution in [3.8, 4) is 0 Å². The van der Waals surface area contributed by atoms with Gasteiger partial charge in [-0.25, -0.2) is 0 Å². The summed E-state index contributed by atoms with van der Waals surface area (Å²) in [6, 6.07) is 27.3. The number of azo groups is 2. The van der Waals surface area contributed by atoms with E-state index in [0.29, 0.717) is 0 Å². The highest BCUT2D eigenvalue weighted by atomic mass is 15.1. The maximum absolute atomic E-state index is 6.06. The van der Waals surface area contributed by atoms with Gasteiger partial charge < -0.3 is 10.6 Å². The van der Waals surface area contributed by atoms with E-state index in [0.717, 1.165) is 52.3 Å². The molecule has 4 rings (SSSR count). The Bertz CT molecular complexity index is 1240. The highest BCUT2D eigenvalue weighted by molar-refractivity contribution is 5.99. The number of nitrogens with two attached hydrogens (primary N) is 1. The molecule has 6 nitrogen and oxygen atoms in total. The molecule has 0 saturated heterocycles. The second-order valence-corrected chi connectivity index (χ2v) is 7.32. The summed E-state index contributed by atoms with van der Waals surface area (Å²) < 4.78 is 0. The lowest BCUT2D eigenvalue weighted by atomic mass is 10.1.